The highest BCUT2D eigenvalue weighted by Gasteiger charge is 2.07. The Bertz CT molecular complexity index is 529. The van der Waals surface area contributed by atoms with Gasteiger partial charge in [0, 0.05) is 30.7 Å². The van der Waals surface area contributed by atoms with Crippen molar-refractivity contribution < 1.29 is 4.74 Å². The van der Waals surface area contributed by atoms with Crippen LogP contribution in [0.1, 0.15) is 19.4 Å². The summed E-state index contributed by atoms with van der Waals surface area (Å²) in [6, 6.07) is 6.81. The molecule has 3 heteroatoms. The second-order valence-electron chi connectivity index (χ2n) is 5.01. The Morgan fingerprint density at radius 1 is 1.33 bits per heavy atom. The first-order chi connectivity index (χ1) is 8.61. The molecule has 0 amide bonds. The lowest BCUT2D eigenvalue weighted by Gasteiger charge is -2.07. The molecule has 0 aliphatic carbocycles. The fraction of sp³-hybridized carbons (Fsp3) is 0.467. The van der Waals surface area contributed by atoms with Gasteiger partial charge < -0.3 is 14.6 Å². The van der Waals surface area contributed by atoms with Gasteiger partial charge in [-0.05, 0) is 30.7 Å². The number of methoxy groups -OCH3 is 1. The molecule has 1 aromatic heterocycles. The van der Waals surface area contributed by atoms with Crippen LogP contribution in [0.5, 0.6) is 5.75 Å². The Morgan fingerprint density at radius 2 is 2.11 bits per heavy atom. The zero-order chi connectivity index (χ0) is 13.1. The van der Waals surface area contributed by atoms with Crippen LogP contribution in [0.25, 0.3) is 10.9 Å². The van der Waals surface area contributed by atoms with Crippen molar-refractivity contribution >= 4 is 10.9 Å². The van der Waals surface area contributed by atoms with Gasteiger partial charge in [-0.15, -0.1) is 0 Å². The average molecular weight is 246 g/mol. The van der Waals surface area contributed by atoms with Crippen LogP contribution in [0.2, 0.25) is 0 Å². The lowest BCUT2D eigenvalue weighted by Crippen LogP contribution is -2.24. The van der Waals surface area contributed by atoms with Crippen molar-refractivity contribution in [3.8, 4) is 5.75 Å². The van der Waals surface area contributed by atoms with Crippen molar-refractivity contribution in [2.75, 3.05) is 13.7 Å². The zero-order valence-electron chi connectivity index (χ0n) is 11.7. The Labute approximate surface area is 109 Å². The lowest BCUT2D eigenvalue weighted by molar-refractivity contribution is 0.415. The first-order valence-electron chi connectivity index (χ1n) is 6.47. The molecule has 98 valence electrons. The van der Waals surface area contributed by atoms with Gasteiger partial charge in [0.05, 0.1) is 12.6 Å². The molecule has 2 aromatic rings. The minimum atomic E-state index is 0.542. The summed E-state index contributed by atoms with van der Waals surface area (Å²) in [5, 5.41) is 4.78. The van der Waals surface area contributed by atoms with E-state index >= 15 is 0 Å². The summed E-state index contributed by atoms with van der Waals surface area (Å²) in [7, 11) is 3.79. The topological polar surface area (TPSA) is 26.2 Å². The van der Waals surface area contributed by atoms with Gasteiger partial charge in [0.25, 0.3) is 0 Å². The molecule has 0 spiro atoms. The van der Waals surface area contributed by atoms with Crippen LogP contribution in [0, 0.1) is 0 Å². The van der Waals surface area contributed by atoms with Crippen molar-refractivity contribution in [3.63, 3.8) is 0 Å². The molecule has 2 rings (SSSR count). The second kappa shape index (κ2) is 5.44. The van der Waals surface area contributed by atoms with E-state index in [0.717, 1.165) is 18.7 Å². The number of rotatable bonds is 5. The van der Waals surface area contributed by atoms with Gasteiger partial charge in [-0.3, -0.25) is 0 Å². The monoisotopic (exact) mass is 246 g/mol. The summed E-state index contributed by atoms with van der Waals surface area (Å²) >= 11 is 0. The maximum Gasteiger partial charge on any atom is 0.120 e. The van der Waals surface area contributed by atoms with Gasteiger partial charge >= 0.3 is 0 Å². The van der Waals surface area contributed by atoms with Gasteiger partial charge in [-0.1, -0.05) is 13.8 Å². The van der Waals surface area contributed by atoms with Crippen LogP contribution in [0.3, 0.4) is 0 Å². The summed E-state index contributed by atoms with van der Waals surface area (Å²) < 4.78 is 7.44. The third kappa shape index (κ3) is 2.67. The van der Waals surface area contributed by atoms with Crippen molar-refractivity contribution in [2.24, 2.45) is 7.05 Å². The highest BCUT2D eigenvalue weighted by atomic mass is 16.5. The number of nitrogens with one attached hydrogen (secondary N) is 1. The average Bonchev–Trinajstić information content (AvgIpc) is 2.65. The maximum atomic E-state index is 5.27. The molecule has 0 atom stereocenters. The summed E-state index contributed by atoms with van der Waals surface area (Å²) in [4.78, 5) is 0. The van der Waals surface area contributed by atoms with E-state index in [0.29, 0.717) is 6.04 Å². The summed E-state index contributed by atoms with van der Waals surface area (Å²) in [5.74, 6) is 0.913. The van der Waals surface area contributed by atoms with Crippen molar-refractivity contribution in [1.29, 1.82) is 0 Å². The van der Waals surface area contributed by atoms with Gasteiger partial charge in [0.1, 0.15) is 5.75 Å². The van der Waals surface area contributed by atoms with E-state index in [1.165, 1.54) is 16.5 Å². The molecule has 0 radical (unpaired) electrons. The fourth-order valence-corrected chi connectivity index (χ4v) is 2.27. The first-order valence-corrected chi connectivity index (χ1v) is 6.47. The second-order valence-corrected chi connectivity index (χ2v) is 5.01. The van der Waals surface area contributed by atoms with E-state index < -0.39 is 0 Å². The van der Waals surface area contributed by atoms with E-state index in [4.69, 9.17) is 4.74 Å². The Hall–Kier alpha value is -1.48. The predicted octanol–water partition coefficient (Wildman–Crippen LogP) is 2.73. The molecule has 0 aliphatic heterocycles. The standard InChI is InChI=1S/C15H22N2O/c1-11(2)16-8-7-12-10-17(3)15-9-13(18-4)5-6-14(12)15/h5-6,9-11,16H,7-8H2,1-4H3. The minimum Gasteiger partial charge on any atom is -0.497 e. The van der Waals surface area contributed by atoms with Crippen LogP contribution in [0.4, 0.5) is 0 Å². The molecular weight excluding hydrogens is 224 g/mol. The number of hydrogen-bond acceptors (Lipinski definition) is 2. The molecule has 0 saturated carbocycles. The Kier molecular flexibility index (Phi) is 3.92. The molecule has 0 saturated heterocycles. The third-order valence-corrected chi connectivity index (χ3v) is 3.23. The highest BCUT2D eigenvalue weighted by Crippen LogP contribution is 2.25. The van der Waals surface area contributed by atoms with Gasteiger partial charge in [-0.2, -0.15) is 0 Å². The Balaban J connectivity index is 2.24. The number of benzene rings is 1. The van der Waals surface area contributed by atoms with Crippen molar-refractivity contribution in [1.82, 2.24) is 9.88 Å². The number of fused-ring (bicyclic) bond motifs is 1. The number of nitrogens with zero attached hydrogens (tertiary/aromatic N) is 1. The number of aryl methyl sites for hydroxylation is 1. The van der Waals surface area contributed by atoms with E-state index in [1.807, 2.05) is 6.07 Å². The molecule has 0 bridgehead atoms. The van der Waals surface area contributed by atoms with Gasteiger partial charge in [0.15, 0.2) is 0 Å². The molecule has 0 unspecified atom stereocenters. The van der Waals surface area contributed by atoms with E-state index in [-0.39, 0.29) is 0 Å². The first kappa shape index (κ1) is 13.0. The highest BCUT2D eigenvalue weighted by molar-refractivity contribution is 5.85. The van der Waals surface area contributed by atoms with Crippen LogP contribution < -0.4 is 10.1 Å². The van der Waals surface area contributed by atoms with Crippen LogP contribution >= 0.6 is 0 Å². The third-order valence-electron chi connectivity index (χ3n) is 3.23. The summed E-state index contributed by atoms with van der Waals surface area (Å²) in [6.07, 6.45) is 3.27. The normalized spacial score (nSPS) is 11.4. The van der Waals surface area contributed by atoms with Crippen LogP contribution in [-0.2, 0) is 13.5 Å². The molecule has 0 fully saturated rings. The quantitative estimate of drug-likeness (QED) is 0.878. The molecule has 1 N–H and O–H groups in total. The molecule has 3 nitrogen and oxygen atoms in total. The van der Waals surface area contributed by atoms with E-state index in [1.54, 1.807) is 7.11 Å². The predicted molar refractivity (Wildman–Crippen MR) is 76.3 cm³/mol. The number of hydrogen-bond donors (Lipinski definition) is 1. The SMILES string of the molecule is COc1ccc2c(CCNC(C)C)cn(C)c2c1. The minimum absolute atomic E-state index is 0.542. The molecule has 0 aliphatic rings. The van der Waals surface area contributed by atoms with Crippen molar-refractivity contribution in [2.45, 2.75) is 26.3 Å². The van der Waals surface area contributed by atoms with Crippen LogP contribution in [0.15, 0.2) is 24.4 Å². The van der Waals surface area contributed by atoms with E-state index in [9.17, 15) is 0 Å². The Morgan fingerprint density at radius 3 is 2.78 bits per heavy atom. The summed E-state index contributed by atoms with van der Waals surface area (Å²) in [5.41, 5.74) is 2.62. The smallest absolute Gasteiger partial charge is 0.120 e. The summed E-state index contributed by atoms with van der Waals surface area (Å²) in [6.45, 7) is 5.37. The van der Waals surface area contributed by atoms with Gasteiger partial charge in [-0.25, -0.2) is 0 Å². The molecule has 1 heterocycles. The maximum absolute atomic E-state index is 5.27. The van der Waals surface area contributed by atoms with Crippen LogP contribution in [-0.4, -0.2) is 24.3 Å². The fourth-order valence-electron chi connectivity index (χ4n) is 2.27. The number of ether oxygens (including phenoxy) is 1. The van der Waals surface area contributed by atoms with Gasteiger partial charge in [0.2, 0.25) is 0 Å². The van der Waals surface area contributed by atoms with Crippen molar-refractivity contribution in [3.05, 3.63) is 30.0 Å². The van der Waals surface area contributed by atoms with E-state index in [2.05, 4.69) is 49.1 Å². The lowest BCUT2D eigenvalue weighted by atomic mass is 10.1. The molecule has 1 aromatic carbocycles. The molecular formula is C15H22N2O. The number of aromatic nitrogens is 1. The molecule has 18 heavy (non-hydrogen) atoms. The largest absolute Gasteiger partial charge is 0.497 e. The zero-order valence-corrected chi connectivity index (χ0v) is 11.7.